The second-order valence-electron chi connectivity index (χ2n) is 10.4. The van der Waals surface area contributed by atoms with Crippen molar-refractivity contribution < 1.29 is 17.9 Å². The number of carbonyl (C=O) groups excluding carboxylic acids is 1. The molecule has 3 rings (SSSR count). The van der Waals surface area contributed by atoms with Crippen LogP contribution in [0.3, 0.4) is 0 Å². The zero-order chi connectivity index (χ0) is 25.6. The molecule has 0 unspecified atom stereocenters. The van der Waals surface area contributed by atoms with Gasteiger partial charge in [0.05, 0.1) is 12.0 Å². The van der Waals surface area contributed by atoms with Gasteiger partial charge in [0.15, 0.2) is 0 Å². The number of hydrogen-bond acceptors (Lipinski definition) is 6. The molecule has 0 atom stereocenters. The molecule has 0 bridgehead atoms. The summed E-state index contributed by atoms with van der Waals surface area (Å²) < 4.78 is 32.8. The molecule has 1 saturated heterocycles. The second-order valence-corrected chi connectivity index (χ2v) is 12.4. The van der Waals surface area contributed by atoms with E-state index in [1.807, 2.05) is 0 Å². The first-order valence-electron chi connectivity index (χ1n) is 12.9. The average molecular weight is 509 g/mol. The molecule has 1 amide bonds. The number of ether oxygens (including phenoxy) is 1. The molecule has 1 saturated carbocycles. The molecule has 8 nitrogen and oxygen atoms in total. The predicted molar refractivity (Wildman–Crippen MR) is 139 cm³/mol. The van der Waals surface area contributed by atoms with Crippen molar-refractivity contribution >= 4 is 15.9 Å². The van der Waals surface area contributed by atoms with Gasteiger partial charge in [0, 0.05) is 32.1 Å². The molecule has 1 heterocycles. The number of methoxy groups -OCH3 is 1. The molecule has 0 aromatic heterocycles. The Bertz CT molecular complexity index is 929. The van der Waals surface area contributed by atoms with Crippen molar-refractivity contribution in [2.75, 3.05) is 47.4 Å². The highest BCUT2D eigenvalue weighted by Gasteiger charge is 2.27. The van der Waals surface area contributed by atoms with E-state index < -0.39 is 10.0 Å². The molecular formula is C26H44N4O4S. The molecule has 9 heteroatoms. The Kier molecular flexibility index (Phi) is 9.98. The summed E-state index contributed by atoms with van der Waals surface area (Å²) in [6.07, 6.45) is 6.83. The molecule has 0 radical (unpaired) electrons. The number of sulfonamides is 1. The van der Waals surface area contributed by atoms with Crippen LogP contribution in [0.2, 0.25) is 0 Å². The molecule has 1 aromatic rings. The maximum Gasteiger partial charge on any atom is 0.243 e. The minimum Gasteiger partial charge on any atom is -0.497 e. The Balaban J connectivity index is 1.40. The third-order valence-corrected chi connectivity index (χ3v) is 9.78. The van der Waals surface area contributed by atoms with Crippen molar-refractivity contribution in [2.24, 2.45) is 5.92 Å². The zero-order valence-electron chi connectivity index (χ0n) is 22.1. The smallest absolute Gasteiger partial charge is 0.243 e. The van der Waals surface area contributed by atoms with Gasteiger partial charge in [0.25, 0.3) is 0 Å². The van der Waals surface area contributed by atoms with E-state index in [9.17, 15) is 13.2 Å². The molecule has 1 aliphatic carbocycles. The van der Waals surface area contributed by atoms with Crippen LogP contribution in [0.5, 0.6) is 5.75 Å². The molecule has 2 fully saturated rings. The monoisotopic (exact) mass is 508 g/mol. The highest BCUT2D eigenvalue weighted by Crippen LogP contribution is 2.28. The fourth-order valence-electron chi connectivity index (χ4n) is 5.33. The normalized spacial score (nSPS) is 22.3. The van der Waals surface area contributed by atoms with E-state index >= 15 is 0 Å². The van der Waals surface area contributed by atoms with Crippen molar-refractivity contribution in [3.63, 3.8) is 0 Å². The van der Waals surface area contributed by atoms with E-state index in [4.69, 9.17) is 4.74 Å². The van der Waals surface area contributed by atoms with Crippen LogP contribution in [0.15, 0.2) is 17.0 Å². The lowest BCUT2D eigenvalue weighted by Crippen LogP contribution is -2.44. The van der Waals surface area contributed by atoms with E-state index in [2.05, 4.69) is 22.6 Å². The number of benzene rings is 1. The predicted octanol–water partition coefficient (Wildman–Crippen LogP) is 2.68. The van der Waals surface area contributed by atoms with Gasteiger partial charge in [0.2, 0.25) is 15.9 Å². The minimum atomic E-state index is -3.69. The van der Waals surface area contributed by atoms with E-state index in [0.717, 1.165) is 32.2 Å². The van der Waals surface area contributed by atoms with Gasteiger partial charge >= 0.3 is 0 Å². The first-order chi connectivity index (χ1) is 16.6. The van der Waals surface area contributed by atoms with E-state index in [0.29, 0.717) is 28.8 Å². The fraction of sp³-hybridized carbons (Fsp3) is 0.731. The lowest BCUT2D eigenvalue weighted by atomic mass is 9.85. The Hall–Kier alpha value is -1.68. The Morgan fingerprint density at radius 2 is 1.66 bits per heavy atom. The number of rotatable bonds is 10. The largest absolute Gasteiger partial charge is 0.497 e. The number of nitrogens with zero attached hydrogens (tertiary/aromatic N) is 2. The molecule has 2 N–H and O–H groups in total. The summed E-state index contributed by atoms with van der Waals surface area (Å²) in [6, 6.07) is 4.28. The topological polar surface area (TPSA) is 91.0 Å². The number of piperidine rings is 1. The first-order valence-corrected chi connectivity index (χ1v) is 14.4. The van der Waals surface area contributed by atoms with Gasteiger partial charge < -0.3 is 20.3 Å². The molecule has 35 heavy (non-hydrogen) atoms. The van der Waals surface area contributed by atoms with Crippen LogP contribution in [0, 0.1) is 19.8 Å². The summed E-state index contributed by atoms with van der Waals surface area (Å²) in [5.41, 5.74) is 1.28. The van der Waals surface area contributed by atoms with Gasteiger partial charge in [-0.15, -0.1) is 0 Å². The maximum absolute atomic E-state index is 13.1. The summed E-state index contributed by atoms with van der Waals surface area (Å²) in [4.78, 5) is 15.2. The quantitative estimate of drug-likeness (QED) is 0.505. The second kappa shape index (κ2) is 12.5. The number of carbonyl (C=O) groups is 1. The first kappa shape index (κ1) is 27.9. The summed E-state index contributed by atoms with van der Waals surface area (Å²) in [5, 5.41) is 6.89. The van der Waals surface area contributed by atoms with Gasteiger partial charge in [0.1, 0.15) is 5.75 Å². The van der Waals surface area contributed by atoms with Crippen molar-refractivity contribution in [2.45, 2.75) is 75.8 Å². The summed E-state index contributed by atoms with van der Waals surface area (Å²) >= 11 is 0. The van der Waals surface area contributed by atoms with E-state index in [1.165, 1.54) is 37.3 Å². The number of likely N-dealkylation sites (tertiary alicyclic amines) is 1. The van der Waals surface area contributed by atoms with Crippen LogP contribution in [0.1, 0.15) is 56.1 Å². The third kappa shape index (κ3) is 7.65. The van der Waals surface area contributed by atoms with Crippen LogP contribution in [0.4, 0.5) is 0 Å². The lowest BCUT2D eigenvalue weighted by Gasteiger charge is -2.33. The molecule has 0 spiro atoms. The standard InChI is InChI=1S/C26H44N4O4S/c1-19-16-24(34-5)17-20(2)26(19)35(32,33)30(4)15-12-25(31)28-23-8-6-21(7-9-23)18-27-22-10-13-29(3)14-11-22/h16-17,21-23,27H,6-15,18H2,1-5H3,(H,28,31)/t21-,23-. The Morgan fingerprint density at radius 3 is 2.23 bits per heavy atom. The van der Waals surface area contributed by atoms with Gasteiger partial charge in [-0.05, 0) is 108 Å². The van der Waals surface area contributed by atoms with E-state index in [1.54, 1.807) is 33.1 Å². The number of nitrogens with one attached hydrogen (secondary N) is 2. The SMILES string of the molecule is COc1cc(C)c(S(=O)(=O)N(C)CCC(=O)N[C@H]2CC[C@H](CNC3CCN(C)CC3)CC2)c(C)c1. The average Bonchev–Trinajstić information content (AvgIpc) is 2.82. The lowest BCUT2D eigenvalue weighted by molar-refractivity contribution is -0.122. The van der Waals surface area contributed by atoms with Gasteiger partial charge in [-0.3, -0.25) is 4.79 Å². The van der Waals surface area contributed by atoms with Gasteiger partial charge in [-0.25, -0.2) is 12.7 Å². The fourth-order valence-corrected chi connectivity index (χ4v) is 6.90. The zero-order valence-corrected chi connectivity index (χ0v) is 22.9. The minimum absolute atomic E-state index is 0.0804. The third-order valence-electron chi connectivity index (χ3n) is 7.62. The van der Waals surface area contributed by atoms with Gasteiger partial charge in [-0.1, -0.05) is 0 Å². The maximum atomic E-state index is 13.1. The van der Waals surface area contributed by atoms with Crippen LogP contribution >= 0.6 is 0 Å². The molecular weight excluding hydrogens is 464 g/mol. The number of hydrogen-bond donors (Lipinski definition) is 2. The molecule has 1 aromatic carbocycles. The summed E-state index contributed by atoms with van der Waals surface area (Å²) in [6.45, 7) is 7.10. The van der Waals surface area contributed by atoms with Crippen molar-refractivity contribution in [1.82, 2.24) is 19.8 Å². The highest BCUT2D eigenvalue weighted by atomic mass is 32.2. The van der Waals surface area contributed by atoms with Crippen LogP contribution in [-0.4, -0.2) is 83.0 Å². The van der Waals surface area contributed by atoms with Crippen LogP contribution in [-0.2, 0) is 14.8 Å². The highest BCUT2D eigenvalue weighted by molar-refractivity contribution is 7.89. The Labute approximate surface area is 211 Å². The van der Waals surface area contributed by atoms with Crippen LogP contribution < -0.4 is 15.4 Å². The van der Waals surface area contributed by atoms with Gasteiger partial charge in [-0.2, -0.15) is 0 Å². The van der Waals surface area contributed by atoms with Crippen LogP contribution in [0.25, 0.3) is 0 Å². The molecule has 1 aliphatic heterocycles. The van der Waals surface area contributed by atoms with E-state index in [-0.39, 0.29) is 29.8 Å². The number of aryl methyl sites for hydroxylation is 2. The van der Waals surface area contributed by atoms with Crippen molar-refractivity contribution in [3.8, 4) is 5.75 Å². The molecule has 198 valence electrons. The van der Waals surface area contributed by atoms with Crippen molar-refractivity contribution in [1.29, 1.82) is 0 Å². The summed E-state index contributed by atoms with van der Waals surface area (Å²) in [5.74, 6) is 1.23. The van der Waals surface area contributed by atoms with Crippen molar-refractivity contribution in [3.05, 3.63) is 23.3 Å². The molecule has 2 aliphatic rings. The number of amides is 1. The summed E-state index contributed by atoms with van der Waals surface area (Å²) in [7, 11) is 1.59. The Morgan fingerprint density at radius 1 is 1.06 bits per heavy atom.